The maximum atomic E-state index is 12.6. The van der Waals surface area contributed by atoms with Gasteiger partial charge in [-0.3, -0.25) is 4.90 Å². The molecular formula is C17H23F3N2O2S. The molecule has 0 unspecified atom stereocenters. The molecule has 1 aromatic rings. The maximum Gasteiger partial charge on any atom is 0.511 e. The molecule has 2 aliphatic rings. The first-order valence-corrected chi connectivity index (χ1v) is 10.0. The Bertz CT molecular complexity index is 680. The van der Waals surface area contributed by atoms with E-state index in [0.29, 0.717) is 5.92 Å². The molecule has 1 saturated carbocycles. The monoisotopic (exact) mass is 376 g/mol. The number of halogens is 3. The molecule has 1 aliphatic heterocycles. The Morgan fingerprint density at radius 3 is 2.24 bits per heavy atom. The van der Waals surface area contributed by atoms with Crippen molar-refractivity contribution in [3.05, 3.63) is 35.9 Å². The summed E-state index contributed by atoms with van der Waals surface area (Å²) in [6, 6.07) is 10.0. The third kappa shape index (κ3) is 4.35. The molecule has 0 atom stereocenters. The van der Waals surface area contributed by atoms with Gasteiger partial charge in [0.15, 0.2) is 0 Å². The molecule has 1 saturated heterocycles. The van der Waals surface area contributed by atoms with E-state index in [0.717, 1.165) is 45.3 Å². The van der Waals surface area contributed by atoms with Gasteiger partial charge < -0.3 is 0 Å². The van der Waals surface area contributed by atoms with Gasteiger partial charge in [-0.15, -0.1) is 0 Å². The lowest BCUT2D eigenvalue weighted by atomic mass is 9.74. The van der Waals surface area contributed by atoms with Crippen LogP contribution in [0, 0.1) is 11.3 Å². The van der Waals surface area contributed by atoms with Crippen molar-refractivity contribution in [3.63, 3.8) is 0 Å². The van der Waals surface area contributed by atoms with E-state index in [1.54, 1.807) is 0 Å². The molecule has 0 spiro atoms. The predicted molar refractivity (Wildman–Crippen MR) is 89.1 cm³/mol. The zero-order valence-corrected chi connectivity index (χ0v) is 14.7. The highest BCUT2D eigenvalue weighted by Crippen LogP contribution is 2.51. The molecule has 1 aromatic carbocycles. The van der Waals surface area contributed by atoms with Gasteiger partial charge >= 0.3 is 15.5 Å². The second-order valence-electron chi connectivity index (χ2n) is 7.17. The second kappa shape index (κ2) is 6.89. The van der Waals surface area contributed by atoms with Gasteiger partial charge in [0.25, 0.3) is 0 Å². The summed E-state index contributed by atoms with van der Waals surface area (Å²) in [6.45, 7) is 2.26. The minimum absolute atomic E-state index is 0.112. The van der Waals surface area contributed by atoms with E-state index < -0.39 is 15.5 Å². The first kappa shape index (κ1) is 18.7. The number of rotatable bonds is 6. The summed E-state index contributed by atoms with van der Waals surface area (Å²) in [5.41, 5.74) is -4.38. The van der Waals surface area contributed by atoms with E-state index in [4.69, 9.17) is 0 Å². The topological polar surface area (TPSA) is 49.4 Å². The molecule has 3 rings (SSSR count). The van der Waals surface area contributed by atoms with Crippen LogP contribution in [0.3, 0.4) is 0 Å². The smallest absolute Gasteiger partial charge is 0.299 e. The molecule has 140 valence electrons. The average molecular weight is 376 g/mol. The maximum absolute atomic E-state index is 12.6. The van der Waals surface area contributed by atoms with Gasteiger partial charge in [-0.2, -0.15) is 13.2 Å². The Hall–Kier alpha value is -1.12. The van der Waals surface area contributed by atoms with E-state index in [9.17, 15) is 21.6 Å². The van der Waals surface area contributed by atoms with Crippen LogP contribution in [0.4, 0.5) is 13.2 Å². The first-order valence-electron chi connectivity index (χ1n) is 8.54. The molecule has 1 aliphatic carbocycles. The van der Waals surface area contributed by atoms with E-state index >= 15 is 0 Å². The van der Waals surface area contributed by atoms with Crippen molar-refractivity contribution < 1.29 is 21.6 Å². The molecule has 0 radical (unpaired) electrons. The quantitative estimate of drug-likeness (QED) is 0.830. The predicted octanol–water partition coefficient (Wildman–Crippen LogP) is 3.12. The number of nitrogens with zero attached hydrogens (tertiary/aromatic N) is 1. The van der Waals surface area contributed by atoms with E-state index in [1.807, 2.05) is 22.9 Å². The average Bonchev–Trinajstić information content (AvgIpc) is 3.40. The summed E-state index contributed by atoms with van der Waals surface area (Å²) in [5.74, 6) is 0.335. The number of benzene rings is 1. The molecule has 2 fully saturated rings. The van der Waals surface area contributed by atoms with Crippen molar-refractivity contribution in [2.45, 2.75) is 37.7 Å². The SMILES string of the molecule is O=S(=O)(NCC1(C2CC2)CCN(Cc2ccccc2)CC1)C(F)(F)F. The summed E-state index contributed by atoms with van der Waals surface area (Å²) < 4.78 is 62.2. The summed E-state index contributed by atoms with van der Waals surface area (Å²) in [6.07, 6.45) is 3.41. The minimum Gasteiger partial charge on any atom is -0.299 e. The van der Waals surface area contributed by atoms with Gasteiger partial charge in [-0.05, 0) is 55.7 Å². The Balaban J connectivity index is 1.60. The third-order valence-electron chi connectivity index (χ3n) is 5.46. The summed E-state index contributed by atoms with van der Waals surface area (Å²) in [4.78, 5) is 2.29. The van der Waals surface area contributed by atoms with Crippen LogP contribution in [-0.2, 0) is 16.6 Å². The minimum atomic E-state index is -5.27. The Morgan fingerprint density at radius 2 is 1.72 bits per heavy atom. The molecule has 0 bridgehead atoms. The fraction of sp³-hybridized carbons (Fsp3) is 0.647. The van der Waals surface area contributed by atoms with Gasteiger partial charge in [0, 0.05) is 13.1 Å². The number of nitrogens with one attached hydrogen (secondary N) is 1. The van der Waals surface area contributed by atoms with Crippen LogP contribution in [-0.4, -0.2) is 38.5 Å². The van der Waals surface area contributed by atoms with E-state index in [-0.39, 0.29) is 12.0 Å². The lowest BCUT2D eigenvalue weighted by Crippen LogP contribution is -2.49. The van der Waals surface area contributed by atoms with Crippen LogP contribution in [0.1, 0.15) is 31.2 Å². The zero-order valence-electron chi connectivity index (χ0n) is 13.9. The standard InChI is InChI=1S/C17H23F3N2O2S/c18-17(19,20)25(23,24)21-13-16(15-6-7-15)8-10-22(11-9-16)12-14-4-2-1-3-5-14/h1-5,15,21H,6-13H2. The van der Waals surface area contributed by atoms with Crippen LogP contribution in [0.25, 0.3) is 0 Å². The van der Waals surface area contributed by atoms with E-state index in [1.165, 1.54) is 5.56 Å². The molecule has 0 amide bonds. The van der Waals surface area contributed by atoms with Gasteiger partial charge in [-0.1, -0.05) is 30.3 Å². The fourth-order valence-electron chi connectivity index (χ4n) is 3.74. The third-order valence-corrected chi connectivity index (χ3v) is 6.60. The Morgan fingerprint density at radius 1 is 1.12 bits per heavy atom. The normalized spacial score (nSPS) is 22.0. The van der Waals surface area contributed by atoms with Crippen LogP contribution in [0.15, 0.2) is 30.3 Å². The van der Waals surface area contributed by atoms with Crippen LogP contribution in [0.2, 0.25) is 0 Å². The summed E-state index contributed by atoms with van der Waals surface area (Å²) in [5, 5.41) is 0. The number of likely N-dealkylation sites (tertiary alicyclic amines) is 1. The molecule has 4 nitrogen and oxygen atoms in total. The number of hydrogen-bond donors (Lipinski definition) is 1. The highest BCUT2D eigenvalue weighted by atomic mass is 32.2. The largest absolute Gasteiger partial charge is 0.511 e. The molecule has 8 heteroatoms. The van der Waals surface area contributed by atoms with Crippen molar-refractivity contribution in [2.75, 3.05) is 19.6 Å². The number of piperidine rings is 1. The molecule has 25 heavy (non-hydrogen) atoms. The van der Waals surface area contributed by atoms with Crippen molar-refractivity contribution in [2.24, 2.45) is 11.3 Å². The highest BCUT2D eigenvalue weighted by Gasteiger charge is 2.50. The number of alkyl halides is 3. The van der Waals surface area contributed by atoms with Crippen molar-refractivity contribution >= 4 is 10.0 Å². The Kier molecular flexibility index (Phi) is 5.14. The Labute approximate surface area is 146 Å². The lowest BCUT2D eigenvalue weighted by molar-refractivity contribution is -0.0453. The molecule has 0 aromatic heterocycles. The lowest BCUT2D eigenvalue weighted by Gasteiger charge is -2.42. The second-order valence-corrected chi connectivity index (χ2v) is 8.93. The van der Waals surface area contributed by atoms with Gasteiger partial charge in [0.1, 0.15) is 0 Å². The van der Waals surface area contributed by atoms with Crippen LogP contribution in [0.5, 0.6) is 0 Å². The highest BCUT2D eigenvalue weighted by molar-refractivity contribution is 7.90. The van der Waals surface area contributed by atoms with Gasteiger partial charge in [0.2, 0.25) is 0 Å². The summed E-state index contributed by atoms with van der Waals surface area (Å²) in [7, 11) is -5.27. The van der Waals surface area contributed by atoms with Crippen LogP contribution < -0.4 is 4.72 Å². The van der Waals surface area contributed by atoms with Gasteiger partial charge in [-0.25, -0.2) is 13.1 Å². The fourth-order valence-corrected chi connectivity index (χ4v) is 4.38. The number of sulfonamides is 1. The van der Waals surface area contributed by atoms with Crippen LogP contribution >= 0.6 is 0 Å². The van der Waals surface area contributed by atoms with Crippen molar-refractivity contribution in [3.8, 4) is 0 Å². The first-order chi connectivity index (χ1) is 11.7. The summed E-state index contributed by atoms with van der Waals surface area (Å²) >= 11 is 0. The van der Waals surface area contributed by atoms with Crippen molar-refractivity contribution in [1.29, 1.82) is 0 Å². The molecule has 1 heterocycles. The molecular weight excluding hydrogens is 353 g/mol. The van der Waals surface area contributed by atoms with E-state index in [2.05, 4.69) is 17.0 Å². The molecule has 1 N–H and O–H groups in total. The van der Waals surface area contributed by atoms with Crippen molar-refractivity contribution in [1.82, 2.24) is 9.62 Å². The van der Waals surface area contributed by atoms with Gasteiger partial charge in [0.05, 0.1) is 0 Å². The number of hydrogen-bond acceptors (Lipinski definition) is 3. The zero-order chi connectivity index (χ0) is 18.1.